The van der Waals surface area contributed by atoms with E-state index in [1.807, 2.05) is 12.1 Å². The van der Waals surface area contributed by atoms with Gasteiger partial charge in [0, 0.05) is 29.9 Å². The molecule has 26 heavy (non-hydrogen) atoms. The highest BCUT2D eigenvalue weighted by Gasteiger charge is 2.17. The van der Waals surface area contributed by atoms with Gasteiger partial charge in [-0.2, -0.15) is 0 Å². The number of ether oxygens (including phenoxy) is 1. The van der Waals surface area contributed by atoms with Gasteiger partial charge < -0.3 is 10.1 Å². The second-order valence-electron chi connectivity index (χ2n) is 5.63. The lowest BCUT2D eigenvalue weighted by Crippen LogP contribution is -2.25. The molecule has 1 N–H and O–H groups in total. The normalized spacial score (nSPS) is 10.2. The van der Waals surface area contributed by atoms with E-state index in [1.54, 1.807) is 67.9 Å². The Morgan fingerprint density at radius 3 is 2.27 bits per heavy atom. The molecule has 5 heteroatoms. The molecule has 0 atom stereocenters. The Hall–Kier alpha value is -3.47. The van der Waals surface area contributed by atoms with E-state index in [9.17, 15) is 9.59 Å². The van der Waals surface area contributed by atoms with Gasteiger partial charge in [0.05, 0.1) is 12.7 Å². The summed E-state index contributed by atoms with van der Waals surface area (Å²) in [4.78, 5) is 29.4. The average molecular weight is 346 g/mol. The molecule has 0 unspecified atom stereocenters. The summed E-state index contributed by atoms with van der Waals surface area (Å²) in [6.45, 7) is 0.309. The van der Waals surface area contributed by atoms with E-state index >= 15 is 0 Å². The minimum atomic E-state index is -0.305. The lowest BCUT2D eigenvalue weighted by Gasteiger charge is -2.10. The fraction of sp³-hybridized carbons (Fsp3) is 0.0952. The molecule has 3 aromatic rings. The SMILES string of the molecule is COc1ccc(CNC(=O)c2ccccc2C(=O)c2ccccc2)cn1. The molecule has 5 nitrogen and oxygen atoms in total. The quantitative estimate of drug-likeness (QED) is 0.696. The third-order valence-electron chi connectivity index (χ3n) is 3.91. The number of benzene rings is 2. The van der Waals surface area contributed by atoms with Crippen LogP contribution in [0, 0.1) is 0 Å². The Balaban J connectivity index is 1.76. The second-order valence-corrected chi connectivity index (χ2v) is 5.63. The van der Waals surface area contributed by atoms with Gasteiger partial charge in [-0.05, 0) is 11.6 Å². The van der Waals surface area contributed by atoms with Crippen molar-refractivity contribution in [2.45, 2.75) is 6.54 Å². The van der Waals surface area contributed by atoms with Gasteiger partial charge in [-0.25, -0.2) is 4.98 Å². The second kappa shape index (κ2) is 8.07. The number of amides is 1. The molecular weight excluding hydrogens is 328 g/mol. The topological polar surface area (TPSA) is 68.3 Å². The summed E-state index contributed by atoms with van der Waals surface area (Å²) in [7, 11) is 1.55. The minimum absolute atomic E-state index is 0.178. The number of ketones is 1. The first-order chi connectivity index (χ1) is 12.7. The summed E-state index contributed by atoms with van der Waals surface area (Å²) in [5, 5.41) is 2.83. The van der Waals surface area contributed by atoms with E-state index in [2.05, 4.69) is 10.3 Å². The van der Waals surface area contributed by atoms with Crippen LogP contribution in [-0.2, 0) is 6.54 Å². The molecule has 0 saturated heterocycles. The monoisotopic (exact) mass is 346 g/mol. The lowest BCUT2D eigenvalue weighted by atomic mass is 9.98. The van der Waals surface area contributed by atoms with Crippen molar-refractivity contribution in [2.75, 3.05) is 7.11 Å². The molecule has 0 aliphatic carbocycles. The van der Waals surface area contributed by atoms with Gasteiger partial charge >= 0.3 is 0 Å². The van der Waals surface area contributed by atoms with Gasteiger partial charge in [0.1, 0.15) is 0 Å². The number of nitrogens with one attached hydrogen (secondary N) is 1. The van der Waals surface area contributed by atoms with Crippen molar-refractivity contribution in [3.05, 3.63) is 95.2 Å². The zero-order valence-electron chi connectivity index (χ0n) is 14.3. The maximum atomic E-state index is 12.7. The molecule has 1 heterocycles. The van der Waals surface area contributed by atoms with Crippen LogP contribution in [-0.4, -0.2) is 23.8 Å². The first kappa shape index (κ1) is 17.4. The van der Waals surface area contributed by atoms with Gasteiger partial charge in [0.25, 0.3) is 5.91 Å². The predicted octanol–water partition coefficient (Wildman–Crippen LogP) is 3.25. The van der Waals surface area contributed by atoms with Gasteiger partial charge in [0.2, 0.25) is 5.88 Å². The van der Waals surface area contributed by atoms with Crippen LogP contribution < -0.4 is 10.1 Å². The van der Waals surface area contributed by atoms with E-state index < -0.39 is 0 Å². The summed E-state index contributed by atoms with van der Waals surface area (Å²) >= 11 is 0. The third-order valence-corrected chi connectivity index (χ3v) is 3.91. The van der Waals surface area contributed by atoms with Gasteiger partial charge in [-0.1, -0.05) is 54.6 Å². The number of carbonyl (C=O) groups excluding carboxylic acids is 2. The highest BCUT2D eigenvalue weighted by atomic mass is 16.5. The summed E-state index contributed by atoms with van der Waals surface area (Å²) in [6.07, 6.45) is 1.64. The number of pyridine rings is 1. The van der Waals surface area contributed by atoms with Gasteiger partial charge in [-0.15, -0.1) is 0 Å². The lowest BCUT2D eigenvalue weighted by molar-refractivity contribution is 0.0939. The Bertz CT molecular complexity index is 906. The molecule has 130 valence electrons. The first-order valence-electron chi connectivity index (χ1n) is 8.15. The Morgan fingerprint density at radius 2 is 1.62 bits per heavy atom. The Morgan fingerprint density at radius 1 is 0.923 bits per heavy atom. The third kappa shape index (κ3) is 3.95. The number of carbonyl (C=O) groups is 2. The molecule has 0 bridgehead atoms. The molecule has 3 rings (SSSR count). The van der Waals surface area contributed by atoms with Crippen LogP contribution in [0.1, 0.15) is 31.8 Å². The molecular formula is C21H18N2O3. The molecule has 0 saturated carbocycles. The Labute approximate surface area is 151 Å². The summed E-state index contributed by atoms with van der Waals surface area (Å²) in [5.74, 6) is 0.0297. The molecule has 0 spiro atoms. The summed E-state index contributed by atoms with van der Waals surface area (Å²) in [6, 6.07) is 19.3. The van der Waals surface area contributed by atoms with Crippen LogP contribution >= 0.6 is 0 Å². The zero-order chi connectivity index (χ0) is 18.4. The van der Waals surface area contributed by atoms with E-state index in [1.165, 1.54) is 0 Å². The summed E-state index contributed by atoms with van der Waals surface area (Å²) in [5.41, 5.74) is 2.12. The minimum Gasteiger partial charge on any atom is -0.481 e. The fourth-order valence-corrected chi connectivity index (χ4v) is 2.54. The number of nitrogens with zero attached hydrogens (tertiary/aromatic N) is 1. The van der Waals surface area contributed by atoms with Gasteiger partial charge in [0.15, 0.2) is 5.78 Å². The average Bonchev–Trinajstić information content (AvgIpc) is 2.72. The number of aromatic nitrogens is 1. The van der Waals surface area contributed by atoms with Crippen LogP contribution in [0.2, 0.25) is 0 Å². The predicted molar refractivity (Wildman–Crippen MR) is 98.3 cm³/mol. The molecule has 1 aromatic heterocycles. The Kier molecular flexibility index (Phi) is 5.39. The van der Waals surface area contributed by atoms with E-state index in [0.717, 1.165) is 5.56 Å². The van der Waals surface area contributed by atoms with Crippen molar-refractivity contribution in [1.29, 1.82) is 0 Å². The molecule has 2 aromatic carbocycles. The van der Waals surface area contributed by atoms with Crippen LogP contribution in [0.4, 0.5) is 0 Å². The van der Waals surface area contributed by atoms with Crippen LogP contribution in [0.25, 0.3) is 0 Å². The van der Waals surface area contributed by atoms with Crippen LogP contribution in [0.5, 0.6) is 5.88 Å². The van der Waals surface area contributed by atoms with E-state index in [4.69, 9.17) is 4.74 Å². The standard InChI is InChI=1S/C21H18N2O3/c1-26-19-12-11-15(13-22-19)14-23-21(25)18-10-6-5-9-17(18)20(24)16-7-3-2-4-8-16/h2-13H,14H2,1H3,(H,23,25). The maximum Gasteiger partial charge on any atom is 0.252 e. The molecule has 1 amide bonds. The molecule has 0 aliphatic rings. The zero-order valence-corrected chi connectivity index (χ0v) is 14.3. The van der Waals surface area contributed by atoms with Crippen molar-refractivity contribution in [1.82, 2.24) is 10.3 Å². The smallest absolute Gasteiger partial charge is 0.252 e. The number of rotatable bonds is 6. The first-order valence-corrected chi connectivity index (χ1v) is 8.15. The number of hydrogen-bond donors (Lipinski definition) is 1. The number of hydrogen-bond acceptors (Lipinski definition) is 4. The van der Waals surface area contributed by atoms with E-state index in [-0.39, 0.29) is 11.7 Å². The molecule has 0 radical (unpaired) electrons. The molecule has 0 fully saturated rings. The highest BCUT2D eigenvalue weighted by molar-refractivity contribution is 6.15. The van der Waals surface area contributed by atoms with Gasteiger partial charge in [-0.3, -0.25) is 9.59 Å². The van der Waals surface area contributed by atoms with Crippen molar-refractivity contribution in [3.8, 4) is 5.88 Å². The fourth-order valence-electron chi connectivity index (χ4n) is 2.54. The number of methoxy groups -OCH3 is 1. The van der Waals surface area contributed by atoms with Crippen LogP contribution in [0.15, 0.2) is 72.9 Å². The van der Waals surface area contributed by atoms with Crippen LogP contribution in [0.3, 0.4) is 0 Å². The summed E-state index contributed by atoms with van der Waals surface area (Å²) < 4.78 is 5.01. The van der Waals surface area contributed by atoms with Crippen molar-refractivity contribution in [3.63, 3.8) is 0 Å². The molecule has 0 aliphatic heterocycles. The van der Waals surface area contributed by atoms with Crippen molar-refractivity contribution in [2.24, 2.45) is 0 Å². The van der Waals surface area contributed by atoms with Crippen molar-refractivity contribution < 1.29 is 14.3 Å². The largest absolute Gasteiger partial charge is 0.481 e. The van der Waals surface area contributed by atoms with Crippen molar-refractivity contribution >= 4 is 11.7 Å². The maximum absolute atomic E-state index is 12.7. The van der Waals surface area contributed by atoms with E-state index in [0.29, 0.717) is 29.1 Å². The highest BCUT2D eigenvalue weighted by Crippen LogP contribution is 2.15.